The Morgan fingerprint density at radius 3 is 2.89 bits per heavy atom. The smallest absolute Gasteiger partial charge is 0.180 e. The number of carbonyl (C=O) groups excluding carboxylic acids is 1. The zero-order valence-electron chi connectivity index (χ0n) is 9.32. The quantitative estimate of drug-likeness (QED) is 0.939. The highest BCUT2D eigenvalue weighted by Gasteiger charge is 2.11. The predicted molar refractivity (Wildman–Crippen MR) is 70.4 cm³/mol. The van der Waals surface area contributed by atoms with E-state index >= 15 is 0 Å². The molecule has 0 amide bonds. The summed E-state index contributed by atoms with van der Waals surface area (Å²) in [7, 11) is 0. The first-order valence-corrected chi connectivity index (χ1v) is 6.46. The van der Waals surface area contributed by atoms with Gasteiger partial charge in [0.1, 0.15) is 11.6 Å². The highest BCUT2D eigenvalue weighted by molar-refractivity contribution is 7.13. The van der Waals surface area contributed by atoms with Crippen LogP contribution in [0.3, 0.4) is 0 Å². The maximum atomic E-state index is 13.0. The van der Waals surface area contributed by atoms with Crippen LogP contribution in [0, 0.1) is 5.82 Å². The Hall–Kier alpha value is -1.46. The summed E-state index contributed by atoms with van der Waals surface area (Å²) in [5.74, 6) is -0.479. The van der Waals surface area contributed by atoms with Crippen molar-refractivity contribution in [2.75, 3.05) is 5.73 Å². The van der Waals surface area contributed by atoms with Crippen molar-refractivity contribution in [1.29, 1.82) is 0 Å². The molecule has 2 N–H and O–H groups in total. The average molecular weight is 285 g/mol. The van der Waals surface area contributed by atoms with Crippen LogP contribution in [0.25, 0.3) is 0 Å². The number of Topliss-reactive ketones (excluding diaryl/α,β-unsaturated/α-hetero) is 1. The number of halogens is 2. The fourth-order valence-corrected chi connectivity index (χ4v) is 2.31. The van der Waals surface area contributed by atoms with E-state index in [1.807, 2.05) is 0 Å². The third-order valence-corrected chi connectivity index (χ3v) is 3.43. The molecule has 0 bridgehead atoms. The molecule has 3 nitrogen and oxygen atoms in total. The molecule has 0 spiro atoms. The molecule has 0 saturated carbocycles. The molecule has 0 atom stereocenters. The van der Waals surface area contributed by atoms with Crippen molar-refractivity contribution in [2.45, 2.75) is 12.8 Å². The van der Waals surface area contributed by atoms with E-state index < -0.39 is 5.82 Å². The lowest BCUT2D eigenvalue weighted by atomic mass is 10.1. The second-order valence-corrected chi connectivity index (χ2v) is 5.10. The number of anilines is 1. The number of nitrogen functional groups attached to an aromatic ring is 1. The molecular weight excluding hydrogens is 275 g/mol. The van der Waals surface area contributed by atoms with Crippen molar-refractivity contribution in [1.82, 2.24) is 4.98 Å². The zero-order valence-corrected chi connectivity index (χ0v) is 10.9. The second kappa shape index (κ2) is 5.46. The first kappa shape index (κ1) is 13.0. The Morgan fingerprint density at radius 2 is 2.22 bits per heavy atom. The van der Waals surface area contributed by atoms with Gasteiger partial charge in [-0.25, -0.2) is 9.37 Å². The van der Waals surface area contributed by atoms with Crippen molar-refractivity contribution in [3.8, 4) is 0 Å². The number of carbonyl (C=O) groups is 1. The summed E-state index contributed by atoms with van der Waals surface area (Å²) in [6.07, 6.45) is 0.272. The lowest BCUT2D eigenvalue weighted by Gasteiger charge is -2.03. The van der Waals surface area contributed by atoms with Crippen LogP contribution in [0.1, 0.15) is 11.3 Å². The Morgan fingerprint density at radius 1 is 1.44 bits per heavy atom. The molecule has 0 fully saturated rings. The van der Waals surface area contributed by atoms with E-state index in [-0.39, 0.29) is 18.6 Å². The van der Waals surface area contributed by atoms with E-state index in [1.165, 1.54) is 29.5 Å². The molecule has 1 heterocycles. The van der Waals surface area contributed by atoms with E-state index in [0.717, 1.165) is 0 Å². The number of benzene rings is 1. The maximum Gasteiger partial charge on any atom is 0.180 e. The van der Waals surface area contributed by atoms with Gasteiger partial charge in [0.2, 0.25) is 0 Å². The van der Waals surface area contributed by atoms with Crippen molar-refractivity contribution >= 4 is 33.9 Å². The summed E-state index contributed by atoms with van der Waals surface area (Å²) in [5, 5.41) is 2.56. The Bertz CT molecular complexity index is 585. The summed E-state index contributed by atoms with van der Waals surface area (Å²) < 4.78 is 13.0. The molecular formula is C12H10ClFN2OS. The summed E-state index contributed by atoms with van der Waals surface area (Å²) in [4.78, 5) is 15.8. The van der Waals surface area contributed by atoms with Gasteiger partial charge in [-0.3, -0.25) is 4.79 Å². The van der Waals surface area contributed by atoms with Crippen molar-refractivity contribution < 1.29 is 9.18 Å². The molecule has 0 radical (unpaired) electrons. The molecule has 0 aliphatic heterocycles. The zero-order chi connectivity index (χ0) is 13.1. The van der Waals surface area contributed by atoms with Crippen molar-refractivity contribution in [2.24, 2.45) is 0 Å². The molecule has 0 aliphatic rings. The lowest BCUT2D eigenvalue weighted by molar-refractivity contribution is -0.117. The van der Waals surface area contributed by atoms with Crippen LogP contribution in [-0.4, -0.2) is 10.8 Å². The van der Waals surface area contributed by atoms with Crippen LogP contribution >= 0.6 is 22.9 Å². The molecule has 0 saturated heterocycles. The minimum absolute atomic E-state index is 0.0761. The van der Waals surface area contributed by atoms with Gasteiger partial charge in [-0.2, -0.15) is 0 Å². The number of nitrogens with two attached hydrogens (primary N) is 1. The standard InChI is InChI=1S/C12H10ClFN2OS/c13-11-2-1-8(14)3-7(11)4-10(17)5-9-6-18-12(15)16-9/h1-3,6H,4-5H2,(H2,15,16). The highest BCUT2D eigenvalue weighted by atomic mass is 35.5. The third-order valence-electron chi connectivity index (χ3n) is 2.34. The Kier molecular flexibility index (Phi) is 3.93. The van der Waals surface area contributed by atoms with Gasteiger partial charge >= 0.3 is 0 Å². The number of ketones is 1. The number of nitrogens with zero attached hydrogens (tertiary/aromatic N) is 1. The molecule has 1 aromatic heterocycles. The van der Waals surface area contributed by atoms with Crippen molar-refractivity contribution in [3.63, 3.8) is 0 Å². The second-order valence-electron chi connectivity index (χ2n) is 3.81. The first-order valence-electron chi connectivity index (χ1n) is 5.20. The first-order chi connectivity index (χ1) is 8.54. The number of hydrogen-bond donors (Lipinski definition) is 1. The SMILES string of the molecule is Nc1nc(CC(=O)Cc2cc(F)ccc2Cl)cs1. The molecule has 0 aliphatic carbocycles. The van der Waals surface area contributed by atoms with Gasteiger partial charge in [0, 0.05) is 23.2 Å². The fraction of sp³-hybridized carbons (Fsp3) is 0.167. The Labute approximate surface area is 112 Å². The van der Waals surface area contributed by atoms with Gasteiger partial charge in [0.15, 0.2) is 5.13 Å². The average Bonchev–Trinajstić information content (AvgIpc) is 2.69. The Balaban J connectivity index is 2.05. The normalized spacial score (nSPS) is 10.6. The van der Waals surface area contributed by atoms with Crippen LogP contribution in [0.2, 0.25) is 5.02 Å². The van der Waals surface area contributed by atoms with E-state index in [4.69, 9.17) is 17.3 Å². The fourth-order valence-electron chi connectivity index (χ4n) is 1.56. The number of thiazole rings is 1. The van der Waals surface area contributed by atoms with Crippen LogP contribution in [0.4, 0.5) is 9.52 Å². The highest BCUT2D eigenvalue weighted by Crippen LogP contribution is 2.19. The molecule has 2 rings (SSSR count). The molecule has 6 heteroatoms. The van der Waals surface area contributed by atoms with Gasteiger partial charge in [-0.15, -0.1) is 11.3 Å². The molecule has 2 aromatic rings. The predicted octanol–water partition coefficient (Wildman–Crippen LogP) is 2.87. The largest absolute Gasteiger partial charge is 0.375 e. The van der Waals surface area contributed by atoms with E-state index in [2.05, 4.69) is 4.98 Å². The van der Waals surface area contributed by atoms with Crippen LogP contribution < -0.4 is 5.73 Å². The molecule has 1 aromatic carbocycles. The van der Waals surface area contributed by atoms with E-state index in [0.29, 0.717) is 21.4 Å². The van der Waals surface area contributed by atoms with Gasteiger partial charge in [0.05, 0.1) is 5.69 Å². The minimum atomic E-state index is -0.403. The summed E-state index contributed by atoms with van der Waals surface area (Å²) in [6.45, 7) is 0. The molecule has 0 unspecified atom stereocenters. The maximum absolute atomic E-state index is 13.0. The minimum Gasteiger partial charge on any atom is -0.375 e. The van der Waals surface area contributed by atoms with Crippen LogP contribution in [0.5, 0.6) is 0 Å². The third kappa shape index (κ3) is 3.27. The lowest BCUT2D eigenvalue weighted by Crippen LogP contribution is -2.07. The topological polar surface area (TPSA) is 56.0 Å². The van der Waals surface area contributed by atoms with E-state index in [1.54, 1.807) is 5.38 Å². The number of hydrogen-bond acceptors (Lipinski definition) is 4. The summed E-state index contributed by atoms with van der Waals surface area (Å²) in [6, 6.07) is 3.98. The van der Waals surface area contributed by atoms with Gasteiger partial charge in [-0.05, 0) is 23.8 Å². The monoisotopic (exact) mass is 284 g/mol. The van der Waals surface area contributed by atoms with E-state index in [9.17, 15) is 9.18 Å². The summed E-state index contributed by atoms with van der Waals surface area (Å²) >= 11 is 7.18. The van der Waals surface area contributed by atoms with Gasteiger partial charge < -0.3 is 5.73 Å². The van der Waals surface area contributed by atoms with Gasteiger partial charge in [-0.1, -0.05) is 11.6 Å². The van der Waals surface area contributed by atoms with Crippen molar-refractivity contribution in [3.05, 3.63) is 45.7 Å². The number of aromatic nitrogens is 1. The summed E-state index contributed by atoms with van der Waals surface area (Å²) in [5.41, 5.74) is 6.60. The molecule has 94 valence electrons. The van der Waals surface area contributed by atoms with Crippen LogP contribution in [-0.2, 0) is 17.6 Å². The molecule has 18 heavy (non-hydrogen) atoms. The van der Waals surface area contributed by atoms with Gasteiger partial charge in [0.25, 0.3) is 0 Å². The van der Waals surface area contributed by atoms with Crippen LogP contribution in [0.15, 0.2) is 23.6 Å². The number of rotatable bonds is 4.